The minimum Gasteiger partial charge on any atom is -0.497 e. The van der Waals surface area contributed by atoms with E-state index >= 15 is 0 Å². The Labute approximate surface area is 150 Å². The summed E-state index contributed by atoms with van der Waals surface area (Å²) in [7, 11) is 3.22. The highest BCUT2D eigenvalue weighted by molar-refractivity contribution is 5.91. The van der Waals surface area contributed by atoms with Crippen LogP contribution in [0, 0.1) is 0 Å². The molecule has 0 bridgehead atoms. The van der Waals surface area contributed by atoms with Gasteiger partial charge >= 0.3 is 0 Å². The Kier molecular flexibility index (Phi) is 3.89. The third-order valence-corrected chi connectivity index (χ3v) is 4.13. The number of benzene rings is 1. The largest absolute Gasteiger partial charge is 0.497 e. The van der Waals surface area contributed by atoms with E-state index in [-0.39, 0.29) is 0 Å². The van der Waals surface area contributed by atoms with Crippen LogP contribution in [0.1, 0.15) is 0 Å². The number of nitrogens with zero attached hydrogens (tertiary/aromatic N) is 4. The average molecular weight is 347 g/mol. The van der Waals surface area contributed by atoms with E-state index in [1.807, 2.05) is 47.0 Å². The molecule has 1 aromatic carbocycles. The van der Waals surface area contributed by atoms with Crippen molar-refractivity contribution < 1.29 is 9.47 Å². The number of hydrogen-bond acceptors (Lipinski definition) is 6. The Morgan fingerprint density at radius 3 is 2.58 bits per heavy atom. The zero-order valence-electron chi connectivity index (χ0n) is 14.4. The number of hydrogen-bond donors (Lipinski definition) is 1. The number of pyridine rings is 2. The second-order valence-electron chi connectivity index (χ2n) is 5.59. The predicted molar refractivity (Wildman–Crippen MR) is 99.6 cm³/mol. The maximum absolute atomic E-state index is 6.24. The van der Waals surface area contributed by atoms with E-state index in [2.05, 4.69) is 15.0 Å². The Balaban J connectivity index is 1.97. The van der Waals surface area contributed by atoms with Crippen LogP contribution >= 0.6 is 0 Å². The summed E-state index contributed by atoms with van der Waals surface area (Å²) in [4.78, 5) is 13.4. The number of nitrogen functional groups attached to an aromatic ring is 1. The third kappa shape index (κ3) is 2.50. The first-order chi connectivity index (χ1) is 12.7. The van der Waals surface area contributed by atoms with E-state index in [9.17, 15) is 0 Å². The van der Waals surface area contributed by atoms with Gasteiger partial charge < -0.3 is 15.2 Å². The van der Waals surface area contributed by atoms with Gasteiger partial charge in [-0.2, -0.15) is 0 Å². The van der Waals surface area contributed by atoms with Crippen molar-refractivity contribution in [2.24, 2.45) is 0 Å². The molecule has 0 aliphatic rings. The summed E-state index contributed by atoms with van der Waals surface area (Å²) in [6.45, 7) is 0. The number of fused-ring (bicyclic) bond motifs is 1. The first kappa shape index (κ1) is 15.9. The van der Waals surface area contributed by atoms with Gasteiger partial charge in [0.15, 0.2) is 0 Å². The van der Waals surface area contributed by atoms with E-state index in [1.165, 1.54) is 0 Å². The van der Waals surface area contributed by atoms with E-state index in [0.717, 1.165) is 16.9 Å². The first-order valence-corrected chi connectivity index (χ1v) is 7.99. The van der Waals surface area contributed by atoms with Gasteiger partial charge in [-0.1, -0.05) is 6.07 Å². The Hall–Kier alpha value is -3.61. The minimum atomic E-state index is 0.341. The quantitative estimate of drug-likeness (QED) is 0.610. The Bertz CT molecular complexity index is 1080. The second-order valence-corrected chi connectivity index (χ2v) is 5.59. The smallest absolute Gasteiger partial charge is 0.206 e. The fourth-order valence-electron chi connectivity index (χ4n) is 2.94. The molecule has 4 aromatic rings. The molecule has 0 fully saturated rings. The maximum Gasteiger partial charge on any atom is 0.206 e. The molecule has 0 spiro atoms. The molecule has 0 unspecified atom stereocenters. The molecule has 0 radical (unpaired) electrons. The molecule has 0 saturated heterocycles. The van der Waals surface area contributed by atoms with Gasteiger partial charge in [0, 0.05) is 18.5 Å². The Morgan fingerprint density at radius 2 is 1.85 bits per heavy atom. The van der Waals surface area contributed by atoms with Crippen LogP contribution in [0.4, 0.5) is 5.95 Å². The molecule has 3 heterocycles. The van der Waals surface area contributed by atoms with Crippen LogP contribution in [0.25, 0.3) is 28.1 Å². The highest BCUT2D eigenvalue weighted by Crippen LogP contribution is 2.34. The van der Waals surface area contributed by atoms with Crippen molar-refractivity contribution in [2.45, 2.75) is 0 Å². The van der Waals surface area contributed by atoms with Crippen molar-refractivity contribution in [3.05, 3.63) is 54.9 Å². The second kappa shape index (κ2) is 6.36. The number of ether oxygens (including phenoxy) is 2. The number of imidazole rings is 1. The van der Waals surface area contributed by atoms with Crippen LogP contribution in [0.2, 0.25) is 0 Å². The molecule has 0 saturated carbocycles. The molecule has 130 valence electrons. The molecular formula is C19H17N5O2. The lowest BCUT2D eigenvalue weighted by atomic mass is 10.2. The maximum atomic E-state index is 6.24. The molecule has 26 heavy (non-hydrogen) atoms. The van der Waals surface area contributed by atoms with Crippen LogP contribution in [-0.4, -0.2) is 33.7 Å². The topological polar surface area (TPSA) is 88.1 Å². The molecule has 0 amide bonds. The number of methoxy groups -OCH3 is 2. The van der Waals surface area contributed by atoms with Crippen LogP contribution in [0.3, 0.4) is 0 Å². The minimum absolute atomic E-state index is 0.341. The van der Waals surface area contributed by atoms with Gasteiger partial charge in [0.25, 0.3) is 0 Å². The normalized spacial score (nSPS) is 10.8. The summed E-state index contributed by atoms with van der Waals surface area (Å²) < 4.78 is 12.6. The molecular weight excluding hydrogens is 330 g/mol. The molecule has 0 aliphatic carbocycles. The van der Waals surface area contributed by atoms with Crippen molar-refractivity contribution in [2.75, 3.05) is 20.0 Å². The standard InChI is InChI=1S/C19H17N5O2/c1-25-12-6-7-14(16(11-12)26-2)24-15-8-10-22-17(18(15)23-19(24)20)13-5-3-4-9-21-13/h3-11H,1-2H3,(H2,20,23). The molecule has 0 aliphatic heterocycles. The van der Waals surface area contributed by atoms with Gasteiger partial charge in [-0.05, 0) is 30.3 Å². The molecule has 4 rings (SSSR count). The van der Waals surface area contributed by atoms with Crippen LogP contribution < -0.4 is 15.2 Å². The molecule has 0 atom stereocenters. The number of nitrogens with two attached hydrogens (primary N) is 1. The highest BCUT2D eigenvalue weighted by Gasteiger charge is 2.18. The van der Waals surface area contributed by atoms with Crippen molar-refractivity contribution in [1.29, 1.82) is 0 Å². The van der Waals surface area contributed by atoms with Gasteiger partial charge in [-0.3, -0.25) is 14.5 Å². The average Bonchev–Trinajstić information content (AvgIpc) is 3.03. The summed E-state index contributed by atoms with van der Waals surface area (Å²) in [6.07, 6.45) is 3.45. The fraction of sp³-hybridized carbons (Fsp3) is 0.105. The lowest BCUT2D eigenvalue weighted by Crippen LogP contribution is -2.03. The van der Waals surface area contributed by atoms with Gasteiger partial charge in [0.05, 0.1) is 31.1 Å². The third-order valence-electron chi connectivity index (χ3n) is 4.13. The van der Waals surface area contributed by atoms with Crippen LogP contribution in [-0.2, 0) is 0 Å². The van der Waals surface area contributed by atoms with E-state index < -0.39 is 0 Å². The van der Waals surface area contributed by atoms with E-state index in [4.69, 9.17) is 15.2 Å². The monoisotopic (exact) mass is 347 g/mol. The number of aromatic nitrogens is 4. The SMILES string of the molecule is COc1ccc(-n2c(N)nc3c(-c4ccccn4)nccc32)c(OC)c1. The van der Waals surface area contributed by atoms with Crippen molar-refractivity contribution >= 4 is 17.0 Å². The summed E-state index contributed by atoms with van der Waals surface area (Å²) in [6, 6.07) is 13.1. The van der Waals surface area contributed by atoms with Crippen molar-refractivity contribution in [3.63, 3.8) is 0 Å². The lowest BCUT2D eigenvalue weighted by Gasteiger charge is -2.13. The van der Waals surface area contributed by atoms with Crippen molar-refractivity contribution in [1.82, 2.24) is 19.5 Å². The van der Waals surface area contributed by atoms with E-state index in [1.54, 1.807) is 26.6 Å². The zero-order chi connectivity index (χ0) is 18.1. The summed E-state index contributed by atoms with van der Waals surface area (Å²) in [5.41, 5.74) is 9.94. The van der Waals surface area contributed by atoms with Gasteiger partial charge in [0.2, 0.25) is 5.95 Å². The van der Waals surface area contributed by atoms with Gasteiger partial charge in [-0.25, -0.2) is 4.98 Å². The lowest BCUT2D eigenvalue weighted by molar-refractivity contribution is 0.393. The number of anilines is 1. The van der Waals surface area contributed by atoms with E-state index in [0.29, 0.717) is 28.7 Å². The highest BCUT2D eigenvalue weighted by atomic mass is 16.5. The predicted octanol–water partition coefficient (Wildman–Crippen LogP) is 3.08. The number of rotatable bonds is 4. The zero-order valence-corrected chi connectivity index (χ0v) is 14.4. The van der Waals surface area contributed by atoms with Crippen LogP contribution in [0.5, 0.6) is 11.5 Å². The summed E-state index contributed by atoms with van der Waals surface area (Å²) in [5, 5.41) is 0. The van der Waals surface area contributed by atoms with Crippen LogP contribution in [0.15, 0.2) is 54.9 Å². The van der Waals surface area contributed by atoms with Gasteiger partial charge in [0.1, 0.15) is 22.7 Å². The molecule has 2 N–H and O–H groups in total. The summed E-state index contributed by atoms with van der Waals surface area (Å²) >= 11 is 0. The van der Waals surface area contributed by atoms with Crippen molar-refractivity contribution in [3.8, 4) is 28.6 Å². The molecule has 7 nitrogen and oxygen atoms in total. The Morgan fingerprint density at radius 1 is 0.962 bits per heavy atom. The molecule has 3 aromatic heterocycles. The first-order valence-electron chi connectivity index (χ1n) is 7.99. The fourth-order valence-corrected chi connectivity index (χ4v) is 2.94. The summed E-state index contributed by atoms with van der Waals surface area (Å²) in [5.74, 6) is 1.67. The molecule has 7 heteroatoms. The van der Waals surface area contributed by atoms with Gasteiger partial charge in [-0.15, -0.1) is 0 Å².